The second-order valence-corrected chi connectivity index (χ2v) is 12.6. The molecule has 0 rings (SSSR count). The number of aliphatic hydroxyl groups excluding tert-OH is 1. The molecule has 0 saturated carbocycles. The van der Waals surface area contributed by atoms with Crippen LogP contribution in [0.4, 0.5) is 0 Å². The number of hydrogen-bond acceptors (Lipinski definition) is 1. The predicted molar refractivity (Wildman–Crippen MR) is 199 cm³/mol. The molecule has 0 unspecified atom stereocenters. The van der Waals surface area contributed by atoms with Crippen LogP contribution in [0.3, 0.4) is 0 Å². The molecule has 0 bridgehead atoms. The van der Waals surface area contributed by atoms with Gasteiger partial charge in [0.1, 0.15) is 0 Å². The molecule has 0 spiro atoms. The van der Waals surface area contributed by atoms with Crippen molar-refractivity contribution in [1.82, 2.24) is 0 Å². The summed E-state index contributed by atoms with van der Waals surface area (Å²) in [4.78, 5) is 0. The van der Waals surface area contributed by atoms with Crippen LogP contribution in [-0.4, -0.2) is 24.8 Å². The number of halogens is 2. The van der Waals surface area contributed by atoms with Gasteiger partial charge >= 0.3 is 0 Å². The number of nitrogens with zero attached hydrogens (tertiary/aromatic N) is 1. The Bertz CT molecular complexity index is 370. The van der Waals surface area contributed by atoms with E-state index in [2.05, 4.69) is 13.8 Å². The Hall–Kier alpha value is 1.21. The van der Waals surface area contributed by atoms with Gasteiger partial charge in [0.25, 0.3) is 0 Å². The summed E-state index contributed by atoms with van der Waals surface area (Å²) >= 11 is 0. The van der Waals surface area contributed by atoms with Gasteiger partial charge in [-0.3, -0.25) is 0 Å². The molecule has 1 N–H and O–H groups in total. The van der Waals surface area contributed by atoms with E-state index in [0.29, 0.717) is 0 Å². The average Bonchev–Trinajstić information content (AvgIpc) is 2.96. The molecule has 0 heterocycles. The Morgan fingerprint density at radius 1 is 0.302 bits per heavy atom. The Morgan fingerprint density at radius 2 is 0.442 bits per heavy atom. The maximum Gasteiger partial charge on any atom is 0.0402 e. The summed E-state index contributed by atoms with van der Waals surface area (Å²) in [6, 6.07) is 0. The zero-order valence-electron chi connectivity index (χ0n) is 30.0. The molecule has 0 aliphatic rings. The van der Waals surface area contributed by atoms with E-state index >= 15 is 0 Å². The van der Waals surface area contributed by atoms with E-state index < -0.39 is 0 Å². The predicted octanol–water partition coefficient (Wildman–Crippen LogP) is 14.7. The summed E-state index contributed by atoms with van der Waals surface area (Å²) in [5.41, 5.74) is 0. The molecular weight excluding hydrogens is 605 g/mol. The van der Waals surface area contributed by atoms with Crippen LogP contribution in [0.15, 0.2) is 0 Å². The first-order chi connectivity index (χ1) is 19.8. The van der Waals surface area contributed by atoms with Crippen molar-refractivity contribution in [1.29, 1.82) is 0 Å². The first-order valence-corrected chi connectivity index (χ1v) is 19.1. The first kappa shape index (κ1) is 53.7. The summed E-state index contributed by atoms with van der Waals surface area (Å²) in [7, 11) is 0. The van der Waals surface area contributed by atoms with Crippen molar-refractivity contribution in [3.63, 3.8) is 0 Å². The van der Waals surface area contributed by atoms with Crippen LogP contribution >= 0.6 is 24.8 Å². The van der Waals surface area contributed by atoms with E-state index in [1.165, 1.54) is 205 Å². The van der Waals surface area contributed by atoms with Gasteiger partial charge in [-0.1, -0.05) is 219 Å². The van der Waals surface area contributed by atoms with Crippen molar-refractivity contribution in [3.05, 3.63) is 5.32 Å². The van der Waals surface area contributed by atoms with Crippen molar-refractivity contribution in [2.45, 2.75) is 226 Å². The maximum atomic E-state index is 7.57. The minimum atomic E-state index is 0. The average molecular weight is 688 g/mol. The molecule has 0 atom stereocenters. The standard InChI is InChI=1S/C36H74N.C2H6O.2ClH.Ti/c1-3-5-7-9-11-13-15-17-19-21-23-25-27-29-31-33-35-37-36-34-32-30-28-26-24-22-20-18-16-14-12-10-8-6-4-2;1-2-3;;;/h3-36H2,1-2H3;3H,2H2,1H3;2*1H;/q-1;;;;. The van der Waals surface area contributed by atoms with Crippen LogP contribution in [0.25, 0.3) is 5.32 Å². The summed E-state index contributed by atoms with van der Waals surface area (Å²) in [6.45, 7) is 8.78. The largest absolute Gasteiger partial charge is 0.662 e. The molecule has 0 aromatic rings. The van der Waals surface area contributed by atoms with E-state index in [-0.39, 0.29) is 53.1 Å². The zero-order chi connectivity index (χ0) is 29.5. The van der Waals surface area contributed by atoms with E-state index in [1.54, 1.807) is 6.92 Å². The quantitative estimate of drug-likeness (QED) is 0.0530. The fourth-order valence-corrected chi connectivity index (χ4v) is 5.66. The van der Waals surface area contributed by atoms with Crippen LogP contribution in [-0.2, 0) is 21.7 Å². The van der Waals surface area contributed by atoms with Crippen LogP contribution in [0.5, 0.6) is 0 Å². The minimum Gasteiger partial charge on any atom is -0.662 e. The topological polar surface area (TPSA) is 34.3 Å². The molecular formula is C38H82Cl2NOTi-. The van der Waals surface area contributed by atoms with E-state index in [4.69, 9.17) is 10.4 Å². The molecule has 2 nitrogen and oxygen atoms in total. The fraction of sp³-hybridized carbons (Fsp3) is 1.00. The summed E-state index contributed by atoms with van der Waals surface area (Å²) in [5, 5.41) is 12.3. The number of aliphatic hydroxyl groups is 1. The molecule has 0 aromatic carbocycles. The third-order valence-corrected chi connectivity index (χ3v) is 8.34. The minimum absolute atomic E-state index is 0. The molecule has 0 aromatic heterocycles. The summed E-state index contributed by atoms with van der Waals surface area (Å²) in [5.74, 6) is 0. The second kappa shape index (κ2) is 55.6. The molecule has 0 saturated heterocycles. The number of hydrogen-bond donors (Lipinski definition) is 1. The summed E-state index contributed by atoms with van der Waals surface area (Å²) < 4.78 is 0. The van der Waals surface area contributed by atoms with Crippen LogP contribution < -0.4 is 0 Å². The molecule has 5 heteroatoms. The van der Waals surface area contributed by atoms with Crippen LogP contribution in [0.2, 0.25) is 0 Å². The van der Waals surface area contributed by atoms with Crippen LogP contribution in [0.1, 0.15) is 226 Å². The van der Waals surface area contributed by atoms with Gasteiger partial charge < -0.3 is 10.4 Å². The third-order valence-electron chi connectivity index (χ3n) is 8.34. The van der Waals surface area contributed by atoms with E-state index in [9.17, 15) is 0 Å². The van der Waals surface area contributed by atoms with Gasteiger partial charge in [-0.25, -0.2) is 0 Å². The Morgan fingerprint density at radius 3 is 0.605 bits per heavy atom. The van der Waals surface area contributed by atoms with Crippen molar-refractivity contribution in [2.24, 2.45) is 0 Å². The fourth-order valence-electron chi connectivity index (χ4n) is 5.66. The second-order valence-electron chi connectivity index (χ2n) is 12.6. The third kappa shape index (κ3) is 59.2. The Balaban J connectivity index is -0.000000766. The van der Waals surface area contributed by atoms with Gasteiger partial charge in [0.2, 0.25) is 0 Å². The van der Waals surface area contributed by atoms with Gasteiger partial charge in [0, 0.05) is 28.3 Å². The van der Waals surface area contributed by atoms with Gasteiger partial charge in [0.15, 0.2) is 0 Å². The van der Waals surface area contributed by atoms with Gasteiger partial charge in [-0.2, -0.15) is 0 Å². The molecule has 0 aliphatic carbocycles. The number of unbranched alkanes of at least 4 members (excludes halogenated alkanes) is 30. The SMILES string of the molecule is CCCCCCCCCCCCCCCCCC[N-]CCCCCCCCCCCCCCCCCC.CCO.Cl.Cl.[Ti]. The molecule has 0 aliphatic heterocycles. The van der Waals surface area contributed by atoms with Crippen molar-refractivity contribution in [2.75, 3.05) is 19.7 Å². The van der Waals surface area contributed by atoms with Crippen LogP contribution in [0, 0.1) is 0 Å². The molecule has 0 radical (unpaired) electrons. The summed E-state index contributed by atoms with van der Waals surface area (Å²) in [6.07, 6.45) is 46.4. The maximum absolute atomic E-state index is 7.57. The molecule has 264 valence electrons. The van der Waals surface area contributed by atoms with Crippen molar-refractivity contribution >= 4 is 24.8 Å². The van der Waals surface area contributed by atoms with Crippen molar-refractivity contribution in [3.8, 4) is 0 Å². The van der Waals surface area contributed by atoms with Gasteiger partial charge in [-0.05, 0) is 6.92 Å². The molecule has 0 fully saturated rings. The zero-order valence-corrected chi connectivity index (χ0v) is 33.2. The van der Waals surface area contributed by atoms with E-state index in [1.807, 2.05) is 0 Å². The monoisotopic (exact) mass is 687 g/mol. The first-order valence-electron chi connectivity index (χ1n) is 19.1. The normalized spacial score (nSPS) is 10.3. The van der Waals surface area contributed by atoms with Crippen molar-refractivity contribution < 1.29 is 26.8 Å². The smallest absolute Gasteiger partial charge is 0.0402 e. The number of rotatable bonds is 34. The Labute approximate surface area is 301 Å². The Kier molecular flexibility index (Phi) is 69.4. The molecule has 43 heavy (non-hydrogen) atoms. The van der Waals surface area contributed by atoms with Gasteiger partial charge in [0.05, 0.1) is 0 Å². The van der Waals surface area contributed by atoms with Gasteiger partial charge in [-0.15, -0.1) is 37.9 Å². The molecule has 0 amide bonds. The van der Waals surface area contributed by atoms with E-state index in [0.717, 1.165) is 13.1 Å².